The van der Waals surface area contributed by atoms with Crippen LogP contribution in [0.4, 0.5) is 19.3 Å². The summed E-state index contributed by atoms with van der Waals surface area (Å²) in [5.41, 5.74) is -1.26. The fraction of sp³-hybridized carbons (Fsp3) is 0.667. The Kier molecular flexibility index (Phi) is 8.62. The average Bonchev–Trinajstić information content (AvgIpc) is 2.79. The molecular weight excluding hydrogens is 470 g/mol. The number of hydrogen-bond acceptors (Lipinski definition) is 5. The zero-order valence-corrected chi connectivity index (χ0v) is 21.7. The molecule has 0 N–H and O–H groups in total. The summed E-state index contributed by atoms with van der Waals surface area (Å²) in [7, 11) is 0. The molecule has 1 saturated heterocycles. The highest BCUT2D eigenvalue weighted by atomic mass is 19.3. The van der Waals surface area contributed by atoms with Crippen LogP contribution in [0.3, 0.4) is 0 Å². The number of likely N-dealkylation sites (tertiary alicyclic amines) is 1. The predicted molar refractivity (Wildman–Crippen MR) is 132 cm³/mol. The van der Waals surface area contributed by atoms with Crippen molar-refractivity contribution in [3.05, 3.63) is 30.3 Å². The van der Waals surface area contributed by atoms with E-state index in [0.29, 0.717) is 18.5 Å². The van der Waals surface area contributed by atoms with Crippen LogP contribution < -0.4 is 4.90 Å². The van der Waals surface area contributed by atoms with E-state index in [9.17, 15) is 23.2 Å². The van der Waals surface area contributed by atoms with Crippen LogP contribution in [0.5, 0.6) is 0 Å². The van der Waals surface area contributed by atoms with Crippen LogP contribution >= 0.6 is 0 Å². The van der Waals surface area contributed by atoms with Crippen molar-refractivity contribution in [2.75, 3.05) is 24.6 Å². The van der Waals surface area contributed by atoms with E-state index in [1.807, 2.05) is 0 Å². The van der Waals surface area contributed by atoms with Crippen LogP contribution in [0.15, 0.2) is 30.3 Å². The molecule has 1 saturated carbocycles. The molecular formula is C27H38F2N2O5. The zero-order valence-electron chi connectivity index (χ0n) is 21.7. The minimum atomic E-state index is -2.84. The molecule has 0 aromatic heterocycles. The normalized spacial score (nSPS) is 21.4. The van der Waals surface area contributed by atoms with Crippen molar-refractivity contribution in [3.8, 4) is 0 Å². The van der Waals surface area contributed by atoms with Gasteiger partial charge in [-0.15, -0.1) is 0 Å². The summed E-state index contributed by atoms with van der Waals surface area (Å²) in [6.45, 7) is 7.66. The average molecular weight is 509 g/mol. The number of amides is 2. The lowest BCUT2D eigenvalue weighted by Crippen LogP contribution is -2.52. The molecule has 1 aliphatic heterocycles. The quantitative estimate of drug-likeness (QED) is 0.470. The van der Waals surface area contributed by atoms with E-state index in [1.54, 1.807) is 58.0 Å². The summed E-state index contributed by atoms with van der Waals surface area (Å²) in [6.07, 6.45) is -0.00965. The highest BCUT2D eigenvalue weighted by molar-refractivity contribution is 5.97. The zero-order chi connectivity index (χ0) is 26.6. The lowest BCUT2D eigenvalue weighted by atomic mass is 9.75. The molecule has 0 unspecified atom stereocenters. The fourth-order valence-electron chi connectivity index (χ4n) is 5.07. The van der Waals surface area contributed by atoms with Gasteiger partial charge in [0.05, 0.1) is 12.0 Å². The smallest absolute Gasteiger partial charge is 0.410 e. The van der Waals surface area contributed by atoms with Crippen molar-refractivity contribution in [1.82, 2.24) is 4.90 Å². The van der Waals surface area contributed by atoms with E-state index >= 15 is 0 Å². The molecule has 3 rings (SSSR count). The van der Waals surface area contributed by atoms with Crippen molar-refractivity contribution in [3.63, 3.8) is 0 Å². The van der Waals surface area contributed by atoms with Crippen LogP contribution in [-0.2, 0) is 19.1 Å². The first-order chi connectivity index (χ1) is 16.9. The number of piperidine rings is 1. The van der Waals surface area contributed by atoms with E-state index in [4.69, 9.17) is 9.47 Å². The van der Waals surface area contributed by atoms with Crippen LogP contribution in [0.1, 0.15) is 72.6 Å². The summed E-state index contributed by atoms with van der Waals surface area (Å²) in [5, 5.41) is 0. The Morgan fingerprint density at radius 2 is 1.72 bits per heavy atom. The number of esters is 1. The van der Waals surface area contributed by atoms with Crippen LogP contribution in [-0.4, -0.2) is 60.1 Å². The largest absolute Gasteiger partial charge is 0.466 e. The molecule has 0 bridgehead atoms. The molecule has 0 radical (unpaired) electrons. The number of hydrogen-bond donors (Lipinski definition) is 0. The summed E-state index contributed by atoms with van der Waals surface area (Å²) < 4.78 is 39.5. The third kappa shape index (κ3) is 6.95. The molecule has 1 atom stereocenters. The maximum atomic E-state index is 14.3. The van der Waals surface area contributed by atoms with Crippen molar-refractivity contribution in [2.45, 2.75) is 90.2 Å². The van der Waals surface area contributed by atoms with Crippen LogP contribution in [0, 0.1) is 5.41 Å². The molecule has 36 heavy (non-hydrogen) atoms. The van der Waals surface area contributed by atoms with Gasteiger partial charge in [0.15, 0.2) is 0 Å². The molecule has 1 heterocycles. The van der Waals surface area contributed by atoms with E-state index < -0.39 is 41.5 Å². The van der Waals surface area contributed by atoms with E-state index in [1.165, 1.54) is 9.80 Å². The second-order valence-corrected chi connectivity index (χ2v) is 10.9. The lowest BCUT2D eigenvalue weighted by Gasteiger charge is -2.42. The van der Waals surface area contributed by atoms with Crippen LogP contribution in [0.2, 0.25) is 0 Å². The van der Waals surface area contributed by atoms with Crippen molar-refractivity contribution in [2.24, 2.45) is 5.41 Å². The monoisotopic (exact) mass is 508 g/mol. The Labute approximate surface area is 212 Å². The molecule has 1 aromatic carbocycles. The third-order valence-electron chi connectivity index (χ3n) is 6.85. The van der Waals surface area contributed by atoms with Gasteiger partial charge < -0.3 is 19.3 Å². The predicted octanol–water partition coefficient (Wildman–Crippen LogP) is 5.57. The SMILES string of the molecule is CCOC(=O)C1(CC(=O)N(c2ccccc2)[C@@H]2CCCC(F)(F)C2)CCN(C(=O)OC(C)(C)C)CC1. The molecule has 9 heteroatoms. The lowest BCUT2D eigenvalue weighted by molar-refractivity contribution is -0.161. The van der Waals surface area contributed by atoms with Gasteiger partial charge >= 0.3 is 12.1 Å². The van der Waals surface area contributed by atoms with Crippen molar-refractivity contribution in [1.29, 1.82) is 0 Å². The molecule has 2 fully saturated rings. The van der Waals surface area contributed by atoms with Gasteiger partial charge in [-0.3, -0.25) is 9.59 Å². The van der Waals surface area contributed by atoms with E-state index in [2.05, 4.69) is 0 Å². The standard InChI is InChI=1S/C27H38F2N2O5/c1-5-35-23(33)26(14-16-30(17-15-26)24(34)36-25(2,3)4)19-22(32)31(20-10-7-6-8-11-20)21-12-9-13-27(28,29)18-21/h6-8,10-11,21H,5,9,12-19H2,1-4H3/t21-/m1/s1. The minimum Gasteiger partial charge on any atom is -0.466 e. The number of para-hydroxylation sites is 1. The summed E-state index contributed by atoms with van der Waals surface area (Å²) >= 11 is 0. The Morgan fingerprint density at radius 3 is 2.28 bits per heavy atom. The molecule has 1 aliphatic carbocycles. The molecule has 2 amide bonds. The van der Waals surface area contributed by atoms with Gasteiger partial charge in [0.25, 0.3) is 0 Å². The molecule has 7 nitrogen and oxygen atoms in total. The Bertz CT molecular complexity index is 924. The van der Waals surface area contributed by atoms with Gasteiger partial charge in [0, 0.05) is 44.1 Å². The number of ether oxygens (including phenoxy) is 2. The second-order valence-electron chi connectivity index (χ2n) is 10.9. The highest BCUT2D eigenvalue weighted by Crippen LogP contribution is 2.41. The number of rotatable bonds is 6. The number of anilines is 1. The maximum absolute atomic E-state index is 14.3. The van der Waals surface area contributed by atoms with E-state index in [0.717, 1.165) is 0 Å². The van der Waals surface area contributed by atoms with Gasteiger partial charge in [-0.2, -0.15) is 0 Å². The fourth-order valence-corrected chi connectivity index (χ4v) is 5.07. The first kappa shape index (κ1) is 27.9. The van der Waals surface area contributed by atoms with Gasteiger partial charge in [-0.25, -0.2) is 13.6 Å². The number of nitrogens with zero attached hydrogens (tertiary/aromatic N) is 2. The minimum absolute atomic E-state index is 0.155. The molecule has 2 aliphatic rings. The molecule has 200 valence electrons. The maximum Gasteiger partial charge on any atom is 0.410 e. The number of halogens is 2. The van der Waals surface area contributed by atoms with Crippen molar-refractivity contribution >= 4 is 23.7 Å². The van der Waals surface area contributed by atoms with Gasteiger partial charge in [-0.05, 0) is 65.5 Å². The Balaban J connectivity index is 1.84. The third-order valence-corrected chi connectivity index (χ3v) is 6.85. The van der Waals surface area contributed by atoms with E-state index in [-0.39, 0.29) is 51.3 Å². The van der Waals surface area contributed by atoms with Gasteiger partial charge in [-0.1, -0.05) is 18.2 Å². The van der Waals surface area contributed by atoms with Gasteiger partial charge in [0.1, 0.15) is 5.60 Å². The topological polar surface area (TPSA) is 76.2 Å². The molecule has 0 spiro atoms. The van der Waals surface area contributed by atoms with Crippen molar-refractivity contribution < 1.29 is 32.6 Å². The second kappa shape index (κ2) is 11.1. The summed E-state index contributed by atoms with van der Waals surface area (Å²) in [6, 6.07) is 8.12. The summed E-state index contributed by atoms with van der Waals surface area (Å²) in [5.74, 6) is -3.72. The Hall–Kier alpha value is -2.71. The number of alkyl halides is 2. The number of carbonyl (C=O) groups excluding carboxylic acids is 3. The highest BCUT2D eigenvalue weighted by Gasteiger charge is 2.48. The van der Waals surface area contributed by atoms with Gasteiger partial charge in [0.2, 0.25) is 11.8 Å². The molecule has 1 aromatic rings. The van der Waals surface area contributed by atoms with Crippen LogP contribution in [0.25, 0.3) is 0 Å². The first-order valence-electron chi connectivity index (χ1n) is 12.8. The number of benzene rings is 1. The number of carbonyl (C=O) groups is 3. The Morgan fingerprint density at radius 1 is 1.08 bits per heavy atom. The summed E-state index contributed by atoms with van der Waals surface area (Å²) in [4.78, 5) is 42.5. The first-order valence-corrected chi connectivity index (χ1v) is 12.8.